The molecule has 0 saturated heterocycles. The van der Waals surface area contributed by atoms with Crippen LogP contribution >= 0.6 is 0 Å². The zero-order chi connectivity index (χ0) is 23.4. The molecule has 1 aromatic heterocycles. The van der Waals surface area contributed by atoms with Crippen molar-refractivity contribution in [1.82, 2.24) is 14.7 Å². The molecule has 3 aromatic carbocycles. The molecule has 33 heavy (non-hydrogen) atoms. The molecule has 0 spiro atoms. The van der Waals surface area contributed by atoms with Crippen molar-refractivity contribution in [3.05, 3.63) is 107 Å². The normalized spacial score (nSPS) is 11.7. The Bertz CT molecular complexity index is 1350. The van der Waals surface area contributed by atoms with E-state index in [0.29, 0.717) is 16.5 Å². The van der Waals surface area contributed by atoms with Gasteiger partial charge in [-0.15, -0.1) is 0 Å². The minimum atomic E-state index is -0.773. The Morgan fingerprint density at radius 1 is 0.909 bits per heavy atom. The van der Waals surface area contributed by atoms with Crippen molar-refractivity contribution in [1.29, 1.82) is 0 Å². The molecule has 0 aliphatic rings. The van der Waals surface area contributed by atoms with E-state index in [2.05, 4.69) is 5.10 Å². The second-order valence-corrected chi connectivity index (χ2v) is 7.61. The fourth-order valence-corrected chi connectivity index (χ4v) is 3.55. The molecule has 4 aromatic rings. The number of carbonyl (C=O) groups excluding carboxylic acids is 2. The van der Waals surface area contributed by atoms with E-state index in [-0.39, 0.29) is 23.2 Å². The summed E-state index contributed by atoms with van der Waals surface area (Å²) in [7, 11) is 1.66. The Labute approximate surface area is 190 Å². The number of hydrogen-bond donors (Lipinski definition) is 0. The molecule has 0 N–H and O–H groups in total. The van der Waals surface area contributed by atoms with Crippen LogP contribution in [0.2, 0.25) is 0 Å². The predicted octanol–water partition coefficient (Wildman–Crippen LogP) is 3.76. The SMILES string of the molecule is CC(c1ccccc1)N(C)C(=O)COC(=O)c1nn(-c2ccccc2)c(=O)c2ccccc12. The van der Waals surface area contributed by atoms with E-state index in [1.54, 1.807) is 55.6 Å². The Morgan fingerprint density at radius 3 is 2.15 bits per heavy atom. The third-order valence-corrected chi connectivity index (χ3v) is 5.58. The molecular weight excluding hydrogens is 418 g/mol. The first-order chi connectivity index (χ1) is 16.0. The average Bonchev–Trinajstić information content (AvgIpc) is 2.87. The molecule has 0 bridgehead atoms. The predicted molar refractivity (Wildman–Crippen MR) is 125 cm³/mol. The molecule has 1 heterocycles. The molecule has 0 radical (unpaired) electrons. The molecule has 1 unspecified atom stereocenters. The van der Waals surface area contributed by atoms with Crippen molar-refractivity contribution in [3.63, 3.8) is 0 Å². The van der Waals surface area contributed by atoms with E-state index in [9.17, 15) is 14.4 Å². The van der Waals surface area contributed by atoms with Crippen molar-refractivity contribution >= 4 is 22.6 Å². The van der Waals surface area contributed by atoms with Gasteiger partial charge in [-0.25, -0.2) is 4.79 Å². The number of ether oxygens (including phenoxy) is 1. The van der Waals surface area contributed by atoms with E-state index in [0.717, 1.165) is 5.56 Å². The van der Waals surface area contributed by atoms with Crippen LogP contribution in [0.4, 0.5) is 0 Å². The van der Waals surface area contributed by atoms with Crippen LogP contribution in [0.3, 0.4) is 0 Å². The number of rotatable bonds is 6. The van der Waals surface area contributed by atoms with Gasteiger partial charge in [-0.2, -0.15) is 9.78 Å². The number of likely N-dealkylation sites (N-methyl/N-ethyl adjacent to an activating group) is 1. The van der Waals surface area contributed by atoms with Crippen LogP contribution in [0.1, 0.15) is 29.0 Å². The molecule has 166 valence electrons. The Kier molecular flexibility index (Phi) is 6.31. The number of para-hydroxylation sites is 1. The summed E-state index contributed by atoms with van der Waals surface area (Å²) < 4.78 is 6.50. The van der Waals surface area contributed by atoms with Gasteiger partial charge in [-0.1, -0.05) is 66.7 Å². The van der Waals surface area contributed by atoms with Crippen LogP contribution in [0, 0.1) is 0 Å². The first kappa shape index (κ1) is 22.0. The maximum absolute atomic E-state index is 13.0. The first-order valence-corrected chi connectivity index (χ1v) is 10.5. The van der Waals surface area contributed by atoms with Gasteiger partial charge in [-0.05, 0) is 30.7 Å². The van der Waals surface area contributed by atoms with Crippen molar-refractivity contribution in [2.75, 3.05) is 13.7 Å². The number of amides is 1. The monoisotopic (exact) mass is 441 g/mol. The summed E-state index contributed by atoms with van der Waals surface area (Å²) in [6, 6.07) is 24.9. The van der Waals surface area contributed by atoms with E-state index >= 15 is 0 Å². The van der Waals surface area contributed by atoms with Crippen molar-refractivity contribution in [3.8, 4) is 5.69 Å². The van der Waals surface area contributed by atoms with E-state index in [1.807, 2.05) is 43.3 Å². The molecule has 1 atom stereocenters. The average molecular weight is 441 g/mol. The van der Waals surface area contributed by atoms with Gasteiger partial charge in [0.15, 0.2) is 12.3 Å². The fraction of sp³-hybridized carbons (Fsp3) is 0.154. The largest absolute Gasteiger partial charge is 0.451 e. The highest BCUT2D eigenvalue weighted by molar-refractivity contribution is 6.02. The lowest BCUT2D eigenvalue weighted by atomic mass is 10.1. The molecule has 0 saturated carbocycles. The third-order valence-electron chi connectivity index (χ3n) is 5.58. The lowest BCUT2D eigenvalue weighted by Crippen LogP contribution is -2.34. The highest BCUT2D eigenvalue weighted by Gasteiger charge is 2.22. The number of aromatic nitrogens is 2. The van der Waals surface area contributed by atoms with E-state index in [1.165, 1.54) is 9.58 Å². The maximum Gasteiger partial charge on any atom is 0.359 e. The summed E-state index contributed by atoms with van der Waals surface area (Å²) in [6.45, 7) is 1.47. The second-order valence-electron chi connectivity index (χ2n) is 7.61. The quantitative estimate of drug-likeness (QED) is 0.426. The summed E-state index contributed by atoms with van der Waals surface area (Å²) in [4.78, 5) is 40.1. The van der Waals surface area contributed by atoms with Crippen molar-refractivity contribution in [2.45, 2.75) is 13.0 Å². The van der Waals surface area contributed by atoms with E-state index in [4.69, 9.17) is 4.74 Å². The number of hydrogen-bond acceptors (Lipinski definition) is 5. The molecule has 7 heteroatoms. The Balaban J connectivity index is 1.59. The molecule has 0 aliphatic carbocycles. The molecule has 0 fully saturated rings. The van der Waals surface area contributed by atoms with Gasteiger partial charge in [0.25, 0.3) is 11.5 Å². The first-order valence-electron chi connectivity index (χ1n) is 10.5. The topological polar surface area (TPSA) is 81.5 Å². The minimum absolute atomic E-state index is 0.0272. The molecule has 7 nitrogen and oxygen atoms in total. The Hall–Kier alpha value is -4.26. The number of esters is 1. The maximum atomic E-state index is 13.0. The fourth-order valence-electron chi connectivity index (χ4n) is 3.55. The van der Waals surface area contributed by atoms with Gasteiger partial charge < -0.3 is 9.64 Å². The van der Waals surface area contributed by atoms with Gasteiger partial charge >= 0.3 is 5.97 Å². The number of nitrogens with zero attached hydrogens (tertiary/aromatic N) is 3. The molecule has 4 rings (SSSR count). The van der Waals surface area contributed by atoms with Crippen molar-refractivity contribution < 1.29 is 14.3 Å². The smallest absolute Gasteiger partial charge is 0.359 e. The van der Waals surface area contributed by atoms with Gasteiger partial charge in [-0.3, -0.25) is 9.59 Å². The number of fused-ring (bicyclic) bond motifs is 1. The van der Waals surface area contributed by atoms with Crippen LogP contribution < -0.4 is 5.56 Å². The van der Waals surface area contributed by atoms with Crippen LogP contribution in [-0.4, -0.2) is 40.2 Å². The van der Waals surface area contributed by atoms with Gasteiger partial charge in [0.1, 0.15) is 0 Å². The molecule has 0 aliphatic heterocycles. The van der Waals surface area contributed by atoms with Crippen LogP contribution in [0.25, 0.3) is 16.5 Å². The summed E-state index contributed by atoms with van der Waals surface area (Å²) in [5.74, 6) is -1.12. The summed E-state index contributed by atoms with van der Waals surface area (Å²) in [5, 5.41) is 4.99. The summed E-state index contributed by atoms with van der Waals surface area (Å²) >= 11 is 0. The van der Waals surface area contributed by atoms with Crippen LogP contribution in [0.5, 0.6) is 0 Å². The number of carbonyl (C=O) groups is 2. The standard InChI is InChI=1S/C26H23N3O4/c1-18(19-11-5-3-6-12-19)28(2)23(30)17-33-26(32)24-21-15-9-10-16-22(21)25(31)29(27-24)20-13-7-4-8-14-20/h3-16,18H,17H2,1-2H3. The zero-order valence-corrected chi connectivity index (χ0v) is 18.3. The van der Waals surface area contributed by atoms with Crippen LogP contribution in [-0.2, 0) is 9.53 Å². The number of benzene rings is 3. The summed E-state index contributed by atoms with van der Waals surface area (Å²) in [5.41, 5.74) is 1.12. The summed E-state index contributed by atoms with van der Waals surface area (Å²) in [6.07, 6.45) is 0. The lowest BCUT2D eigenvalue weighted by Gasteiger charge is -2.25. The lowest BCUT2D eigenvalue weighted by molar-refractivity contribution is -0.135. The molecular formula is C26H23N3O4. The van der Waals surface area contributed by atoms with Gasteiger partial charge in [0.05, 0.1) is 17.1 Å². The minimum Gasteiger partial charge on any atom is -0.451 e. The molecule has 1 amide bonds. The Morgan fingerprint density at radius 2 is 1.48 bits per heavy atom. The van der Waals surface area contributed by atoms with Gasteiger partial charge in [0, 0.05) is 12.4 Å². The highest BCUT2D eigenvalue weighted by Crippen LogP contribution is 2.19. The highest BCUT2D eigenvalue weighted by atomic mass is 16.5. The zero-order valence-electron chi connectivity index (χ0n) is 18.3. The van der Waals surface area contributed by atoms with Crippen LogP contribution in [0.15, 0.2) is 89.7 Å². The van der Waals surface area contributed by atoms with Gasteiger partial charge in [0.2, 0.25) is 0 Å². The van der Waals surface area contributed by atoms with E-state index < -0.39 is 12.6 Å². The second kappa shape index (κ2) is 9.48. The van der Waals surface area contributed by atoms with Crippen molar-refractivity contribution in [2.24, 2.45) is 0 Å². The third kappa shape index (κ3) is 4.52.